The third-order valence-corrected chi connectivity index (χ3v) is 5.54. The minimum atomic E-state index is -0.441. The van der Waals surface area contributed by atoms with Gasteiger partial charge in [-0.2, -0.15) is 0 Å². The van der Waals surface area contributed by atoms with Crippen LogP contribution in [-0.4, -0.2) is 21.1 Å². The first-order valence-electron chi connectivity index (χ1n) is 8.66. The number of benzene rings is 2. The standard InChI is InChI=1S/C20H19N3O3S2/c1-13(2)28-17-8-6-14(7-9-17)10-19(24)22-20-21-18(12-27-20)15-4-3-5-16(11-15)23(25)26/h3-9,11-13H,10H2,1-2H3,(H,21,22,24). The zero-order valence-corrected chi connectivity index (χ0v) is 17.0. The average Bonchev–Trinajstić information content (AvgIpc) is 3.11. The van der Waals surface area contributed by atoms with E-state index in [1.807, 2.05) is 24.3 Å². The van der Waals surface area contributed by atoms with Gasteiger partial charge in [-0.1, -0.05) is 38.1 Å². The van der Waals surface area contributed by atoms with E-state index < -0.39 is 4.92 Å². The molecular formula is C20H19N3O3S2. The number of anilines is 1. The molecule has 8 heteroatoms. The maximum absolute atomic E-state index is 12.3. The molecule has 0 unspecified atom stereocenters. The third kappa shape index (κ3) is 5.40. The molecule has 1 aromatic heterocycles. The Morgan fingerprint density at radius 3 is 2.68 bits per heavy atom. The number of thioether (sulfide) groups is 1. The summed E-state index contributed by atoms with van der Waals surface area (Å²) in [6.45, 7) is 4.28. The second-order valence-electron chi connectivity index (χ2n) is 6.38. The van der Waals surface area contributed by atoms with Gasteiger partial charge in [-0.3, -0.25) is 14.9 Å². The van der Waals surface area contributed by atoms with Crippen LogP contribution < -0.4 is 5.32 Å². The molecule has 0 fully saturated rings. The number of non-ortho nitro benzene ring substituents is 1. The summed E-state index contributed by atoms with van der Waals surface area (Å²) in [6.07, 6.45) is 0.262. The first-order chi connectivity index (χ1) is 13.4. The SMILES string of the molecule is CC(C)Sc1ccc(CC(=O)Nc2nc(-c3cccc([N+](=O)[O-])c3)cs2)cc1. The number of nitro groups is 1. The molecule has 144 valence electrons. The van der Waals surface area contributed by atoms with Gasteiger partial charge in [0.25, 0.3) is 5.69 Å². The summed E-state index contributed by atoms with van der Waals surface area (Å²) in [5, 5.41) is 16.5. The molecule has 0 bridgehead atoms. The molecular weight excluding hydrogens is 394 g/mol. The summed E-state index contributed by atoms with van der Waals surface area (Å²) in [5.74, 6) is -0.149. The van der Waals surface area contributed by atoms with E-state index >= 15 is 0 Å². The smallest absolute Gasteiger partial charge is 0.270 e. The number of carbonyl (C=O) groups is 1. The van der Waals surface area contributed by atoms with E-state index in [-0.39, 0.29) is 18.0 Å². The molecule has 2 aromatic carbocycles. The third-order valence-electron chi connectivity index (χ3n) is 3.76. The van der Waals surface area contributed by atoms with Crippen molar-refractivity contribution in [1.29, 1.82) is 0 Å². The van der Waals surface area contributed by atoms with Gasteiger partial charge in [0.05, 0.1) is 17.0 Å². The predicted octanol–water partition coefficient (Wildman–Crippen LogP) is 5.40. The number of nitro benzene ring substituents is 1. The molecule has 0 aliphatic heterocycles. The summed E-state index contributed by atoms with van der Waals surface area (Å²) in [7, 11) is 0. The molecule has 6 nitrogen and oxygen atoms in total. The minimum Gasteiger partial charge on any atom is -0.302 e. The Kier molecular flexibility index (Phi) is 6.43. The monoisotopic (exact) mass is 413 g/mol. The van der Waals surface area contributed by atoms with Gasteiger partial charge in [0.15, 0.2) is 5.13 Å². The van der Waals surface area contributed by atoms with Crippen LogP contribution in [0, 0.1) is 10.1 Å². The number of rotatable bonds is 7. The zero-order chi connectivity index (χ0) is 20.1. The highest BCUT2D eigenvalue weighted by Gasteiger charge is 2.12. The van der Waals surface area contributed by atoms with Crippen molar-refractivity contribution in [1.82, 2.24) is 4.98 Å². The fraction of sp³-hybridized carbons (Fsp3) is 0.200. The first kappa shape index (κ1) is 20.0. The molecule has 1 N–H and O–H groups in total. The van der Waals surface area contributed by atoms with E-state index in [2.05, 4.69) is 24.1 Å². The summed E-state index contributed by atoms with van der Waals surface area (Å²) < 4.78 is 0. The van der Waals surface area contributed by atoms with Gasteiger partial charge in [-0.05, 0) is 17.7 Å². The van der Waals surface area contributed by atoms with E-state index in [0.717, 1.165) is 5.56 Å². The van der Waals surface area contributed by atoms with Gasteiger partial charge in [-0.25, -0.2) is 4.98 Å². The Morgan fingerprint density at radius 2 is 2.00 bits per heavy atom. The van der Waals surface area contributed by atoms with Crippen LogP contribution in [0.2, 0.25) is 0 Å². The van der Waals surface area contributed by atoms with E-state index in [0.29, 0.717) is 21.6 Å². The van der Waals surface area contributed by atoms with Crippen molar-refractivity contribution in [2.75, 3.05) is 5.32 Å². The van der Waals surface area contributed by atoms with Crippen LogP contribution in [0.4, 0.5) is 10.8 Å². The molecule has 0 atom stereocenters. The molecule has 0 radical (unpaired) electrons. The van der Waals surface area contributed by atoms with E-state index in [1.165, 1.54) is 28.4 Å². The molecule has 0 aliphatic carbocycles. The van der Waals surface area contributed by atoms with Gasteiger partial charge in [0.2, 0.25) is 5.91 Å². The van der Waals surface area contributed by atoms with Crippen LogP contribution >= 0.6 is 23.1 Å². The van der Waals surface area contributed by atoms with Crippen molar-refractivity contribution in [3.8, 4) is 11.3 Å². The van der Waals surface area contributed by atoms with Crippen molar-refractivity contribution >= 4 is 39.8 Å². The molecule has 1 heterocycles. The van der Waals surface area contributed by atoms with Crippen LogP contribution in [0.5, 0.6) is 0 Å². The number of hydrogen-bond donors (Lipinski definition) is 1. The lowest BCUT2D eigenvalue weighted by molar-refractivity contribution is -0.384. The van der Waals surface area contributed by atoms with Gasteiger partial charge < -0.3 is 5.32 Å². The minimum absolute atomic E-state index is 0.00941. The molecule has 0 saturated heterocycles. The van der Waals surface area contributed by atoms with Gasteiger partial charge in [0.1, 0.15) is 0 Å². The normalized spacial score (nSPS) is 10.8. The van der Waals surface area contributed by atoms with Crippen molar-refractivity contribution in [2.24, 2.45) is 0 Å². The summed E-state index contributed by atoms with van der Waals surface area (Å²) in [5.41, 5.74) is 2.18. The zero-order valence-electron chi connectivity index (χ0n) is 15.4. The van der Waals surface area contributed by atoms with Crippen LogP contribution in [0.25, 0.3) is 11.3 Å². The van der Waals surface area contributed by atoms with Crippen molar-refractivity contribution in [2.45, 2.75) is 30.4 Å². The lowest BCUT2D eigenvalue weighted by atomic mass is 10.1. The van der Waals surface area contributed by atoms with Gasteiger partial charge >= 0.3 is 0 Å². The Bertz CT molecular complexity index is 984. The molecule has 0 aliphatic rings. The Labute approximate surface area is 171 Å². The van der Waals surface area contributed by atoms with Crippen molar-refractivity contribution in [3.63, 3.8) is 0 Å². The van der Waals surface area contributed by atoms with Crippen LogP contribution in [0.3, 0.4) is 0 Å². The maximum Gasteiger partial charge on any atom is 0.270 e. The van der Waals surface area contributed by atoms with E-state index in [1.54, 1.807) is 29.3 Å². The lowest BCUT2D eigenvalue weighted by Gasteiger charge is -2.06. The van der Waals surface area contributed by atoms with Crippen LogP contribution in [0.15, 0.2) is 58.8 Å². The Balaban J connectivity index is 1.62. The molecule has 3 rings (SSSR count). The number of aromatic nitrogens is 1. The lowest BCUT2D eigenvalue weighted by Crippen LogP contribution is -2.14. The van der Waals surface area contributed by atoms with Crippen LogP contribution in [0.1, 0.15) is 19.4 Å². The largest absolute Gasteiger partial charge is 0.302 e. The second-order valence-corrected chi connectivity index (χ2v) is 8.89. The number of carbonyl (C=O) groups excluding carboxylic acids is 1. The summed E-state index contributed by atoms with van der Waals surface area (Å²) in [6, 6.07) is 14.2. The number of nitrogens with one attached hydrogen (secondary N) is 1. The van der Waals surface area contributed by atoms with Gasteiger partial charge in [-0.15, -0.1) is 23.1 Å². The molecule has 1 amide bonds. The molecule has 3 aromatic rings. The highest BCUT2D eigenvalue weighted by Crippen LogP contribution is 2.27. The summed E-state index contributed by atoms with van der Waals surface area (Å²) in [4.78, 5) is 28.3. The molecule has 0 saturated carbocycles. The molecule has 0 spiro atoms. The predicted molar refractivity (Wildman–Crippen MR) is 114 cm³/mol. The maximum atomic E-state index is 12.3. The fourth-order valence-corrected chi connectivity index (χ4v) is 4.12. The number of hydrogen-bond acceptors (Lipinski definition) is 6. The Hall–Kier alpha value is -2.71. The first-order valence-corrected chi connectivity index (χ1v) is 10.4. The summed E-state index contributed by atoms with van der Waals surface area (Å²) >= 11 is 3.07. The average molecular weight is 414 g/mol. The quantitative estimate of drug-likeness (QED) is 0.318. The number of thiazole rings is 1. The number of amides is 1. The van der Waals surface area contributed by atoms with Gasteiger partial charge in [0, 0.05) is 33.2 Å². The van der Waals surface area contributed by atoms with Crippen molar-refractivity contribution in [3.05, 3.63) is 69.6 Å². The highest BCUT2D eigenvalue weighted by molar-refractivity contribution is 7.99. The van der Waals surface area contributed by atoms with E-state index in [4.69, 9.17) is 0 Å². The van der Waals surface area contributed by atoms with Crippen LogP contribution in [-0.2, 0) is 11.2 Å². The number of nitrogens with zero attached hydrogens (tertiary/aromatic N) is 2. The van der Waals surface area contributed by atoms with Crippen molar-refractivity contribution < 1.29 is 9.72 Å². The van der Waals surface area contributed by atoms with E-state index in [9.17, 15) is 14.9 Å². The topological polar surface area (TPSA) is 85.1 Å². The second kappa shape index (κ2) is 8.99. The Morgan fingerprint density at radius 1 is 1.25 bits per heavy atom. The molecule has 28 heavy (non-hydrogen) atoms. The highest BCUT2D eigenvalue weighted by atomic mass is 32.2. The fourth-order valence-electron chi connectivity index (χ4n) is 2.55.